The Bertz CT molecular complexity index is 1490. The number of aromatic nitrogens is 2. The zero-order valence-electron chi connectivity index (χ0n) is 20.3. The number of hydrogen-bond acceptors (Lipinski definition) is 8. The molecule has 7 nitrogen and oxygen atoms in total. The van der Waals surface area contributed by atoms with Crippen LogP contribution in [-0.4, -0.2) is 36.8 Å². The highest BCUT2D eigenvalue weighted by Crippen LogP contribution is 2.51. The van der Waals surface area contributed by atoms with Gasteiger partial charge in [0, 0.05) is 80.8 Å². The second-order valence-electron chi connectivity index (χ2n) is 8.80. The zero-order valence-corrected chi connectivity index (χ0v) is 21.9. The SMILES string of the molecule is COc1ccncc1CNc1ccc2c(c1)Sc1cccc(C3CN(c4cc[nH]c(=O)c4)CCO3)c1S2. The van der Waals surface area contributed by atoms with Gasteiger partial charge in [-0.25, -0.2) is 0 Å². The highest BCUT2D eigenvalue weighted by molar-refractivity contribution is 8.05. The average Bonchev–Trinajstić information content (AvgIpc) is 2.94. The number of pyridine rings is 2. The molecule has 0 amide bonds. The van der Waals surface area contributed by atoms with Crippen molar-refractivity contribution in [3.63, 3.8) is 0 Å². The van der Waals surface area contributed by atoms with Crippen molar-refractivity contribution in [2.45, 2.75) is 32.2 Å². The molecular weight excluding hydrogens is 504 g/mol. The fourth-order valence-corrected chi connectivity index (χ4v) is 7.08. The molecule has 4 aromatic rings. The fraction of sp³-hybridized carbons (Fsp3) is 0.214. The smallest absolute Gasteiger partial charge is 0.249 e. The zero-order chi connectivity index (χ0) is 25.2. The van der Waals surface area contributed by atoms with Crippen LogP contribution in [0.25, 0.3) is 0 Å². The van der Waals surface area contributed by atoms with Crippen molar-refractivity contribution in [2.75, 3.05) is 37.0 Å². The van der Waals surface area contributed by atoms with Gasteiger partial charge < -0.3 is 24.7 Å². The lowest BCUT2D eigenvalue weighted by molar-refractivity contribution is 0.0379. The Morgan fingerprint density at radius 2 is 2.08 bits per heavy atom. The summed E-state index contributed by atoms with van der Waals surface area (Å²) < 4.78 is 11.7. The Balaban J connectivity index is 1.20. The first kappa shape index (κ1) is 24.0. The van der Waals surface area contributed by atoms with E-state index in [2.05, 4.69) is 56.6 Å². The summed E-state index contributed by atoms with van der Waals surface area (Å²) >= 11 is 3.59. The Morgan fingerprint density at radius 3 is 2.97 bits per heavy atom. The first-order valence-electron chi connectivity index (χ1n) is 12.1. The summed E-state index contributed by atoms with van der Waals surface area (Å²) in [4.78, 5) is 25.9. The molecule has 0 radical (unpaired) electrons. The van der Waals surface area contributed by atoms with Gasteiger partial charge in [0.05, 0.1) is 13.7 Å². The third kappa shape index (κ3) is 5.07. The van der Waals surface area contributed by atoms with E-state index in [1.807, 2.05) is 18.3 Å². The van der Waals surface area contributed by atoms with Gasteiger partial charge in [-0.3, -0.25) is 9.78 Å². The van der Waals surface area contributed by atoms with Crippen LogP contribution in [0.2, 0.25) is 0 Å². The standard InChI is InChI=1S/C28H26N4O3S2/c1-34-22-8-9-29-15-18(22)16-31-19-5-6-24-26(13-19)36-25-4-2-3-21(28(25)37-24)23-17-32(11-12-35-23)20-7-10-30-27(33)14-20/h2-10,13-15,23,31H,11-12,16-17H2,1H3,(H,30,33). The van der Waals surface area contributed by atoms with Gasteiger partial charge in [0.2, 0.25) is 5.56 Å². The Kier molecular flexibility index (Phi) is 6.82. The number of nitrogens with one attached hydrogen (secondary N) is 2. The van der Waals surface area contributed by atoms with E-state index in [4.69, 9.17) is 9.47 Å². The maximum Gasteiger partial charge on any atom is 0.249 e. The number of benzene rings is 2. The molecule has 4 heterocycles. The van der Waals surface area contributed by atoms with Gasteiger partial charge in [-0.15, -0.1) is 0 Å². The second kappa shape index (κ2) is 10.5. The van der Waals surface area contributed by atoms with E-state index < -0.39 is 0 Å². The molecule has 2 aliphatic rings. The number of hydrogen-bond donors (Lipinski definition) is 2. The molecule has 1 unspecified atom stereocenters. The molecule has 6 rings (SSSR count). The highest BCUT2D eigenvalue weighted by atomic mass is 32.2. The summed E-state index contributed by atoms with van der Waals surface area (Å²) in [6, 6.07) is 18.4. The quantitative estimate of drug-likeness (QED) is 0.294. The molecule has 2 N–H and O–H groups in total. The summed E-state index contributed by atoms with van der Waals surface area (Å²) in [6.45, 7) is 2.72. The molecule has 1 fully saturated rings. The molecule has 1 atom stereocenters. The minimum absolute atomic E-state index is 0.0620. The van der Waals surface area contributed by atoms with Gasteiger partial charge in [0.15, 0.2) is 0 Å². The normalized spacial score (nSPS) is 16.6. The largest absolute Gasteiger partial charge is 0.496 e. The topological polar surface area (TPSA) is 79.5 Å². The third-order valence-corrected chi connectivity index (χ3v) is 9.10. The summed E-state index contributed by atoms with van der Waals surface area (Å²) in [5.74, 6) is 0.828. The van der Waals surface area contributed by atoms with E-state index in [0.717, 1.165) is 29.2 Å². The van der Waals surface area contributed by atoms with E-state index in [0.29, 0.717) is 19.7 Å². The summed E-state index contributed by atoms with van der Waals surface area (Å²) in [5.41, 5.74) is 4.11. The molecule has 2 aliphatic heterocycles. The number of aromatic amines is 1. The third-order valence-electron chi connectivity index (χ3n) is 6.48. The van der Waals surface area contributed by atoms with E-state index in [-0.39, 0.29) is 11.7 Å². The first-order valence-corrected chi connectivity index (χ1v) is 13.7. The second-order valence-corrected chi connectivity index (χ2v) is 10.9. The Hall–Kier alpha value is -3.40. The van der Waals surface area contributed by atoms with E-state index >= 15 is 0 Å². The van der Waals surface area contributed by atoms with Gasteiger partial charge in [0.25, 0.3) is 0 Å². The molecule has 0 aliphatic carbocycles. The Morgan fingerprint density at radius 1 is 1.14 bits per heavy atom. The van der Waals surface area contributed by atoms with Crippen molar-refractivity contribution in [2.24, 2.45) is 0 Å². The maximum absolute atomic E-state index is 11.8. The van der Waals surface area contributed by atoms with Gasteiger partial charge in [-0.2, -0.15) is 0 Å². The number of anilines is 2. The van der Waals surface area contributed by atoms with Crippen LogP contribution in [0, 0.1) is 0 Å². The Labute approximate surface area is 223 Å². The van der Waals surface area contributed by atoms with Crippen LogP contribution < -0.4 is 20.5 Å². The predicted molar refractivity (Wildman–Crippen MR) is 147 cm³/mol. The lowest BCUT2D eigenvalue weighted by atomic mass is 10.1. The van der Waals surface area contributed by atoms with Crippen molar-refractivity contribution in [1.29, 1.82) is 0 Å². The molecule has 9 heteroatoms. The van der Waals surface area contributed by atoms with Crippen molar-refractivity contribution >= 4 is 34.9 Å². The minimum Gasteiger partial charge on any atom is -0.496 e. The van der Waals surface area contributed by atoms with Crippen LogP contribution in [0.15, 0.2) is 97.6 Å². The minimum atomic E-state index is -0.0883. The van der Waals surface area contributed by atoms with Crippen molar-refractivity contribution in [1.82, 2.24) is 9.97 Å². The van der Waals surface area contributed by atoms with Crippen LogP contribution in [0.4, 0.5) is 11.4 Å². The van der Waals surface area contributed by atoms with E-state index in [9.17, 15) is 4.79 Å². The first-order chi connectivity index (χ1) is 18.2. The number of fused-ring (bicyclic) bond motifs is 2. The van der Waals surface area contributed by atoms with E-state index in [1.165, 1.54) is 25.1 Å². The molecule has 0 bridgehead atoms. The monoisotopic (exact) mass is 530 g/mol. The van der Waals surface area contributed by atoms with E-state index in [1.54, 1.807) is 49.1 Å². The maximum atomic E-state index is 11.8. The van der Waals surface area contributed by atoms with Gasteiger partial charge in [-0.1, -0.05) is 35.7 Å². The number of H-pyrrole nitrogens is 1. The molecule has 37 heavy (non-hydrogen) atoms. The molecular formula is C28H26N4O3S2. The average molecular weight is 531 g/mol. The molecule has 0 spiro atoms. The molecule has 188 valence electrons. The number of methoxy groups -OCH3 is 1. The van der Waals surface area contributed by atoms with Crippen molar-refractivity contribution in [3.05, 3.63) is 94.7 Å². The molecule has 2 aromatic carbocycles. The number of morpholine rings is 1. The fourth-order valence-electron chi connectivity index (χ4n) is 4.63. The number of rotatable bonds is 6. The van der Waals surface area contributed by atoms with Crippen LogP contribution in [0.5, 0.6) is 5.75 Å². The van der Waals surface area contributed by atoms with Crippen LogP contribution >= 0.6 is 23.5 Å². The summed E-state index contributed by atoms with van der Waals surface area (Å²) in [5, 5.41) is 3.50. The summed E-state index contributed by atoms with van der Waals surface area (Å²) in [6.07, 6.45) is 5.20. The van der Waals surface area contributed by atoms with Crippen molar-refractivity contribution < 1.29 is 9.47 Å². The van der Waals surface area contributed by atoms with Gasteiger partial charge in [0.1, 0.15) is 11.9 Å². The van der Waals surface area contributed by atoms with Gasteiger partial charge >= 0.3 is 0 Å². The number of ether oxygens (including phenoxy) is 2. The predicted octanol–water partition coefficient (Wildman–Crippen LogP) is 5.58. The number of nitrogens with zero attached hydrogens (tertiary/aromatic N) is 2. The van der Waals surface area contributed by atoms with Crippen LogP contribution in [-0.2, 0) is 11.3 Å². The lowest BCUT2D eigenvalue weighted by Gasteiger charge is -2.36. The van der Waals surface area contributed by atoms with Gasteiger partial charge in [-0.05, 0) is 42.0 Å². The summed E-state index contributed by atoms with van der Waals surface area (Å²) in [7, 11) is 1.68. The lowest BCUT2D eigenvalue weighted by Crippen LogP contribution is -2.39. The molecule has 1 saturated heterocycles. The molecule has 0 saturated carbocycles. The van der Waals surface area contributed by atoms with Crippen LogP contribution in [0.1, 0.15) is 17.2 Å². The molecule has 2 aromatic heterocycles. The van der Waals surface area contributed by atoms with Crippen LogP contribution in [0.3, 0.4) is 0 Å². The van der Waals surface area contributed by atoms with Crippen molar-refractivity contribution in [3.8, 4) is 5.75 Å². The highest BCUT2D eigenvalue weighted by Gasteiger charge is 2.28.